The van der Waals surface area contributed by atoms with Gasteiger partial charge in [-0.1, -0.05) is 18.2 Å². The molecule has 0 radical (unpaired) electrons. The van der Waals surface area contributed by atoms with E-state index in [9.17, 15) is 9.18 Å². The highest BCUT2D eigenvalue weighted by atomic mass is 19.1. The molecule has 1 saturated heterocycles. The molecule has 2 fully saturated rings. The van der Waals surface area contributed by atoms with Gasteiger partial charge in [0.25, 0.3) is 0 Å². The van der Waals surface area contributed by atoms with Crippen LogP contribution in [0.25, 0.3) is 5.57 Å². The predicted molar refractivity (Wildman–Crippen MR) is 109 cm³/mol. The molecule has 2 heterocycles. The molecule has 5 nitrogen and oxygen atoms in total. The van der Waals surface area contributed by atoms with E-state index in [2.05, 4.69) is 5.32 Å². The Hall–Kier alpha value is -2.89. The van der Waals surface area contributed by atoms with Crippen LogP contribution in [0.15, 0.2) is 36.4 Å². The number of aromatic nitrogens is 1. The zero-order valence-electron chi connectivity index (χ0n) is 16.7. The van der Waals surface area contributed by atoms with Crippen molar-refractivity contribution in [3.8, 4) is 11.6 Å². The topological polar surface area (TPSA) is 60.5 Å². The Bertz CT molecular complexity index is 953. The molecule has 2 aliphatic rings. The maximum absolute atomic E-state index is 14.5. The van der Waals surface area contributed by atoms with Crippen LogP contribution in [0.4, 0.5) is 4.39 Å². The minimum atomic E-state index is -0.424. The normalized spacial score (nSPS) is 19.2. The molecule has 152 valence electrons. The lowest BCUT2D eigenvalue weighted by Crippen LogP contribution is -2.23. The third-order valence-corrected chi connectivity index (χ3v) is 5.32. The number of benzene rings is 1. The number of halogens is 1. The van der Waals surface area contributed by atoms with Gasteiger partial charge in [0.15, 0.2) is 11.6 Å². The van der Waals surface area contributed by atoms with Crippen molar-refractivity contribution < 1.29 is 18.7 Å². The smallest absolute Gasteiger partial charge is 0.220 e. The van der Waals surface area contributed by atoms with E-state index in [0.717, 1.165) is 24.0 Å². The first kappa shape index (κ1) is 19.4. The molecule has 1 aromatic heterocycles. The molecule has 1 atom stereocenters. The van der Waals surface area contributed by atoms with Crippen LogP contribution >= 0.6 is 0 Å². The van der Waals surface area contributed by atoms with Gasteiger partial charge >= 0.3 is 0 Å². The van der Waals surface area contributed by atoms with Crippen LogP contribution < -0.4 is 14.8 Å². The van der Waals surface area contributed by atoms with E-state index in [0.29, 0.717) is 42.5 Å². The molecule has 0 unspecified atom stereocenters. The number of hydrogen-bond acceptors (Lipinski definition) is 4. The van der Waals surface area contributed by atoms with Crippen molar-refractivity contribution >= 4 is 11.5 Å². The van der Waals surface area contributed by atoms with Gasteiger partial charge in [-0.2, -0.15) is 0 Å². The molecule has 29 heavy (non-hydrogen) atoms. The molecule has 1 saturated carbocycles. The number of carbonyl (C=O) groups is 1. The van der Waals surface area contributed by atoms with Crippen LogP contribution in [0.3, 0.4) is 0 Å². The number of ether oxygens (including phenoxy) is 2. The minimum Gasteiger partial charge on any atom is -0.491 e. The van der Waals surface area contributed by atoms with Gasteiger partial charge in [0.2, 0.25) is 11.8 Å². The molecule has 6 heteroatoms. The zero-order chi connectivity index (χ0) is 20.4. The monoisotopic (exact) mass is 396 g/mol. The Labute approximate surface area is 169 Å². The molecule has 0 spiro atoms. The van der Waals surface area contributed by atoms with Gasteiger partial charge in [0.1, 0.15) is 0 Å². The Morgan fingerprint density at radius 1 is 1.28 bits per heavy atom. The van der Waals surface area contributed by atoms with Gasteiger partial charge in [0, 0.05) is 23.6 Å². The quantitative estimate of drug-likeness (QED) is 0.761. The fourth-order valence-corrected chi connectivity index (χ4v) is 3.70. The van der Waals surface area contributed by atoms with Crippen molar-refractivity contribution in [3.05, 3.63) is 59.0 Å². The SMILES string of the molecule is CCOc1ccc(C(=C[C@H]2CCC(=O)N2)c2ccc(C3CC3)c(OC)n2)cc1F. The van der Waals surface area contributed by atoms with Gasteiger partial charge in [-0.15, -0.1) is 0 Å². The van der Waals surface area contributed by atoms with Gasteiger partial charge in [-0.3, -0.25) is 4.79 Å². The van der Waals surface area contributed by atoms with E-state index in [-0.39, 0.29) is 17.7 Å². The summed E-state index contributed by atoms with van der Waals surface area (Å²) in [6, 6.07) is 8.79. The van der Waals surface area contributed by atoms with Crippen molar-refractivity contribution in [3.63, 3.8) is 0 Å². The number of rotatable bonds is 7. The number of nitrogens with one attached hydrogen (secondary N) is 1. The molecule has 1 aromatic carbocycles. The Balaban J connectivity index is 1.76. The van der Waals surface area contributed by atoms with Crippen LogP contribution in [0.5, 0.6) is 11.6 Å². The van der Waals surface area contributed by atoms with Crippen LogP contribution in [-0.4, -0.2) is 30.6 Å². The molecular weight excluding hydrogens is 371 g/mol. The second-order valence-electron chi connectivity index (χ2n) is 7.44. The van der Waals surface area contributed by atoms with Gasteiger partial charge in [-0.25, -0.2) is 9.37 Å². The van der Waals surface area contributed by atoms with Crippen LogP contribution in [-0.2, 0) is 4.79 Å². The summed E-state index contributed by atoms with van der Waals surface area (Å²) in [7, 11) is 1.62. The fraction of sp³-hybridized carbons (Fsp3) is 0.391. The van der Waals surface area contributed by atoms with Crippen molar-refractivity contribution in [2.45, 2.75) is 44.6 Å². The first-order chi connectivity index (χ1) is 14.1. The lowest BCUT2D eigenvalue weighted by atomic mass is 9.98. The van der Waals surface area contributed by atoms with Crippen molar-refractivity contribution in [2.24, 2.45) is 0 Å². The number of hydrogen-bond donors (Lipinski definition) is 1. The molecule has 0 bridgehead atoms. The van der Waals surface area contributed by atoms with Crippen molar-refractivity contribution in [1.29, 1.82) is 0 Å². The summed E-state index contributed by atoms with van der Waals surface area (Å²) in [5, 5.41) is 2.95. The Morgan fingerprint density at radius 3 is 2.72 bits per heavy atom. The maximum atomic E-state index is 14.5. The number of carbonyl (C=O) groups excluding carboxylic acids is 1. The highest BCUT2D eigenvalue weighted by Crippen LogP contribution is 2.44. The molecular formula is C23H25FN2O3. The summed E-state index contributed by atoms with van der Waals surface area (Å²) in [6.07, 6.45) is 5.46. The first-order valence-electron chi connectivity index (χ1n) is 10.1. The Morgan fingerprint density at radius 2 is 2.10 bits per heavy atom. The summed E-state index contributed by atoms with van der Waals surface area (Å²) in [5.74, 6) is 0.943. The Kier molecular flexibility index (Phi) is 5.51. The second kappa shape index (κ2) is 8.23. The average Bonchev–Trinajstić information content (AvgIpc) is 3.49. The number of amides is 1. The molecule has 1 N–H and O–H groups in total. The average molecular weight is 396 g/mol. The number of pyridine rings is 1. The van der Waals surface area contributed by atoms with Gasteiger partial charge in [-0.05, 0) is 55.9 Å². The third-order valence-electron chi connectivity index (χ3n) is 5.32. The lowest BCUT2D eigenvalue weighted by molar-refractivity contribution is -0.119. The zero-order valence-corrected chi connectivity index (χ0v) is 16.7. The van der Waals surface area contributed by atoms with E-state index in [4.69, 9.17) is 14.5 Å². The highest BCUT2D eigenvalue weighted by molar-refractivity contribution is 5.82. The van der Waals surface area contributed by atoms with E-state index >= 15 is 0 Å². The van der Waals surface area contributed by atoms with Crippen LogP contribution in [0.1, 0.15) is 55.3 Å². The first-order valence-corrected chi connectivity index (χ1v) is 10.1. The minimum absolute atomic E-state index is 0.0260. The number of methoxy groups -OCH3 is 1. The van der Waals surface area contributed by atoms with E-state index in [1.165, 1.54) is 6.07 Å². The standard InChI is InChI=1S/C23H25FN2O3/c1-3-29-21-10-6-15(12-19(21)24)18(13-16-7-11-22(27)25-16)20-9-8-17(14-4-5-14)23(26-20)28-2/h6,8-10,12-14,16H,3-5,7,11H2,1-2H3,(H,25,27)/t16-/m1/s1. The predicted octanol–water partition coefficient (Wildman–Crippen LogP) is 4.22. The molecule has 4 rings (SSSR count). The highest BCUT2D eigenvalue weighted by Gasteiger charge is 2.28. The molecule has 1 aliphatic carbocycles. The second-order valence-corrected chi connectivity index (χ2v) is 7.44. The summed E-state index contributed by atoms with van der Waals surface area (Å²) in [5.41, 5.74) is 3.25. The maximum Gasteiger partial charge on any atom is 0.220 e. The lowest BCUT2D eigenvalue weighted by Gasteiger charge is -2.15. The van der Waals surface area contributed by atoms with E-state index in [1.807, 2.05) is 31.2 Å². The summed E-state index contributed by atoms with van der Waals surface area (Å²) >= 11 is 0. The third kappa shape index (κ3) is 4.26. The van der Waals surface area contributed by atoms with Gasteiger partial charge < -0.3 is 14.8 Å². The van der Waals surface area contributed by atoms with Crippen molar-refractivity contribution in [1.82, 2.24) is 10.3 Å². The van der Waals surface area contributed by atoms with E-state index in [1.54, 1.807) is 13.2 Å². The molecule has 1 aliphatic heterocycles. The van der Waals surface area contributed by atoms with Crippen LogP contribution in [0, 0.1) is 5.82 Å². The van der Waals surface area contributed by atoms with Gasteiger partial charge in [0.05, 0.1) is 19.4 Å². The molecule has 1 amide bonds. The fourth-order valence-electron chi connectivity index (χ4n) is 3.70. The summed E-state index contributed by atoms with van der Waals surface area (Å²) in [4.78, 5) is 16.4. The van der Waals surface area contributed by atoms with Crippen LogP contribution in [0.2, 0.25) is 0 Å². The largest absolute Gasteiger partial charge is 0.491 e. The van der Waals surface area contributed by atoms with Crippen molar-refractivity contribution in [2.75, 3.05) is 13.7 Å². The molecule has 2 aromatic rings. The van der Waals surface area contributed by atoms with E-state index < -0.39 is 5.82 Å². The summed E-state index contributed by atoms with van der Waals surface area (Å²) < 4.78 is 25.4. The summed E-state index contributed by atoms with van der Waals surface area (Å²) in [6.45, 7) is 2.22. The number of nitrogens with zero attached hydrogens (tertiary/aromatic N) is 1.